The van der Waals surface area contributed by atoms with Crippen LogP contribution in [0.2, 0.25) is 0 Å². The van der Waals surface area contributed by atoms with Gasteiger partial charge in [0, 0.05) is 45.1 Å². The third-order valence-electron chi connectivity index (χ3n) is 5.28. The number of nitrogens with one attached hydrogen (secondary N) is 2. The lowest BCUT2D eigenvalue weighted by Crippen LogP contribution is -2.57. The summed E-state index contributed by atoms with van der Waals surface area (Å²) in [5, 5.41) is 6.73. The summed E-state index contributed by atoms with van der Waals surface area (Å²) in [6, 6.07) is 5.40. The van der Waals surface area contributed by atoms with Gasteiger partial charge >= 0.3 is 0 Å². The van der Waals surface area contributed by atoms with Crippen LogP contribution >= 0.6 is 24.0 Å². The maximum absolute atomic E-state index is 11.7. The minimum absolute atomic E-state index is 0. The Morgan fingerprint density at radius 2 is 1.89 bits per heavy atom. The second kappa shape index (κ2) is 10.7. The van der Waals surface area contributed by atoms with Crippen LogP contribution in [0.4, 0.5) is 0 Å². The van der Waals surface area contributed by atoms with Crippen molar-refractivity contribution in [2.24, 2.45) is 4.99 Å². The topological polar surface area (TPSA) is 83.0 Å². The Labute approximate surface area is 186 Å². The van der Waals surface area contributed by atoms with Gasteiger partial charge in [0.05, 0.1) is 4.90 Å². The number of hydrogen-bond acceptors (Lipinski definition) is 5. The second-order valence-electron chi connectivity index (χ2n) is 7.38. The first-order chi connectivity index (χ1) is 12.7. The summed E-state index contributed by atoms with van der Waals surface area (Å²) in [7, 11) is 2.77. The first-order valence-corrected chi connectivity index (χ1v) is 11.1. The maximum atomic E-state index is 11.7. The van der Waals surface area contributed by atoms with Crippen LogP contribution in [0, 0.1) is 6.92 Å². The van der Waals surface area contributed by atoms with E-state index in [1.54, 1.807) is 13.1 Å². The van der Waals surface area contributed by atoms with E-state index in [0.29, 0.717) is 11.4 Å². The van der Waals surface area contributed by atoms with Crippen LogP contribution in [0.1, 0.15) is 24.0 Å². The molecule has 160 valence electrons. The predicted molar refractivity (Wildman–Crippen MR) is 124 cm³/mol. The summed E-state index contributed by atoms with van der Waals surface area (Å²) in [5.74, 6) is 0.729. The molecule has 0 radical (unpaired) electrons. The maximum Gasteiger partial charge on any atom is 0.191 e. The molecule has 2 N–H and O–H groups in total. The van der Waals surface area contributed by atoms with Crippen LogP contribution < -0.4 is 10.6 Å². The van der Waals surface area contributed by atoms with Crippen LogP contribution in [0.5, 0.6) is 0 Å². The second-order valence-corrected chi connectivity index (χ2v) is 9.37. The number of rotatable bonds is 6. The summed E-state index contributed by atoms with van der Waals surface area (Å²) in [6.45, 7) is 4.73. The van der Waals surface area contributed by atoms with E-state index < -0.39 is 9.84 Å². The average Bonchev–Trinajstić information content (AvgIpc) is 2.61. The molecule has 0 aliphatic carbocycles. The molecule has 0 aromatic heterocycles. The number of nitrogens with zero attached hydrogens (tertiary/aromatic N) is 2. The Hall–Kier alpha value is -0.910. The summed E-state index contributed by atoms with van der Waals surface area (Å²) in [6.07, 6.45) is 3.20. The Morgan fingerprint density at radius 1 is 1.25 bits per heavy atom. The third kappa shape index (κ3) is 6.57. The summed E-state index contributed by atoms with van der Waals surface area (Å²) >= 11 is 0. The van der Waals surface area contributed by atoms with Crippen molar-refractivity contribution in [1.29, 1.82) is 0 Å². The number of halogens is 1. The zero-order valence-corrected chi connectivity index (χ0v) is 20.6. The number of likely N-dealkylation sites (N-methyl/N-ethyl adjacent to an activating group) is 1. The van der Waals surface area contributed by atoms with E-state index in [1.165, 1.54) is 6.26 Å². The Balaban J connectivity index is 0.00000392. The number of sulfone groups is 1. The molecule has 9 heteroatoms. The highest BCUT2D eigenvalue weighted by Crippen LogP contribution is 2.25. The summed E-state index contributed by atoms with van der Waals surface area (Å²) in [5.41, 5.74) is 1.83. The van der Waals surface area contributed by atoms with E-state index in [0.717, 1.165) is 49.7 Å². The van der Waals surface area contributed by atoms with Gasteiger partial charge in [-0.15, -0.1) is 24.0 Å². The van der Waals surface area contributed by atoms with Crippen molar-refractivity contribution in [3.05, 3.63) is 29.3 Å². The van der Waals surface area contributed by atoms with Crippen molar-refractivity contribution >= 4 is 39.8 Å². The monoisotopic (exact) mass is 524 g/mol. The van der Waals surface area contributed by atoms with E-state index in [2.05, 4.69) is 34.6 Å². The zero-order chi connectivity index (χ0) is 20.1. The van der Waals surface area contributed by atoms with Gasteiger partial charge in [0.1, 0.15) is 0 Å². The van der Waals surface area contributed by atoms with Gasteiger partial charge in [-0.1, -0.05) is 12.1 Å². The number of aryl methyl sites for hydroxylation is 1. The molecule has 0 bridgehead atoms. The number of hydrogen-bond donors (Lipinski definition) is 2. The molecule has 7 nitrogen and oxygen atoms in total. The van der Waals surface area contributed by atoms with Crippen molar-refractivity contribution in [3.8, 4) is 0 Å². The molecule has 1 heterocycles. The molecule has 0 spiro atoms. The minimum atomic E-state index is -3.19. The van der Waals surface area contributed by atoms with Crippen LogP contribution in [-0.4, -0.2) is 72.0 Å². The fraction of sp³-hybridized carbons (Fsp3) is 0.632. The molecule has 0 saturated carbocycles. The van der Waals surface area contributed by atoms with Crippen LogP contribution in [0.3, 0.4) is 0 Å². The van der Waals surface area contributed by atoms with Gasteiger partial charge in [-0.25, -0.2) is 8.42 Å². The van der Waals surface area contributed by atoms with Gasteiger partial charge in [-0.05, 0) is 51.1 Å². The summed E-state index contributed by atoms with van der Waals surface area (Å²) < 4.78 is 29.0. The van der Waals surface area contributed by atoms with Crippen molar-refractivity contribution in [3.63, 3.8) is 0 Å². The zero-order valence-electron chi connectivity index (χ0n) is 17.4. The normalized spacial score (nSPS) is 17.1. The molecule has 0 atom stereocenters. The number of aliphatic imine (C=N–C) groups is 1. The Morgan fingerprint density at radius 3 is 2.39 bits per heavy atom. The quantitative estimate of drug-likeness (QED) is 0.336. The van der Waals surface area contributed by atoms with E-state index in [9.17, 15) is 8.42 Å². The van der Waals surface area contributed by atoms with E-state index in [1.807, 2.05) is 19.1 Å². The largest absolute Gasteiger partial charge is 0.381 e. The molecule has 2 rings (SSSR count). The van der Waals surface area contributed by atoms with Crippen molar-refractivity contribution in [2.75, 3.05) is 47.2 Å². The van der Waals surface area contributed by atoms with E-state index in [-0.39, 0.29) is 29.5 Å². The Bertz CT molecular complexity index is 775. The van der Waals surface area contributed by atoms with Gasteiger partial charge in [-0.2, -0.15) is 0 Å². The molecule has 1 aliphatic heterocycles. The highest BCUT2D eigenvalue weighted by Gasteiger charge is 2.34. The lowest BCUT2D eigenvalue weighted by Gasteiger charge is -2.43. The minimum Gasteiger partial charge on any atom is -0.381 e. The van der Waals surface area contributed by atoms with E-state index >= 15 is 0 Å². The van der Waals surface area contributed by atoms with Crippen molar-refractivity contribution in [1.82, 2.24) is 15.5 Å². The molecule has 28 heavy (non-hydrogen) atoms. The fourth-order valence-electron chi connectivity index (χ4n) is 3.43. The molecule has 1 aromatic rings. The molecule has 1 aromatic carbocycles. The van der Waals surface area contributed by atoms with Crippen molar-refractivity contribution < 1.29 is 13.2 Å². The Kier molecular flexibility index (Phi) is 9.65. The highest BCUT2D eigenvalue weighted by molar-refractivity contribution is 14.0. The molecule has 0 amide bonds. The standard InChI is InChI=1S/C19H32N4O3S.HI/c1-15-12-16(6-7-17(15)27(5,24)25)13-21-18(20-2)22-14-19(23(3)4)8-10-26-11-9-19;/h6-7,12H,8-11,13-14H2,1-5H3,(H2,20,21,22);1H. The van der Waals surface area contributed by atoms with E-state index in [4.69, 9.17) is 4.74 Å². The first-order valence-electron chi connectivity index (χ1n) is 9.17. The smallest absolute Gasteiger partial charge is 0.191 e. The van der Waals surface area contributed by atoms with Crippen LogP contribution in [0.25, 0.3) is 0 Å². The summed E-state index contributed by atoms with van der Waals surface area (Å²) in [4.78, 5) is 6.95. The average molecular weight is 524 g/mol. The fourth-order valence-corrected chi connectivity index (χ4v) is 4.38. The molecule has 1 aliphatic rings. The number of benzene rings is 1. The third-order valence-corrected chi connectivity index (χ3v) is 6.54. The van der Waals surface area contributed by atoms with Crippen LogP contribution in [-0.2, 0) is 21.1 Å². The lowest BCUT2D eigenvalue weighted by molar-refractivity contribution is -0.00501. The van der Waals surface area contributed by atoms with Gasteiger partial charge in [0.15, 0.2) is 15.8 Å². The van der Waals surface area contributed by atoms with Crippen molar-refractivity contribution in [2.45, 2.75) is 36.7 Å². The first kappa shape index (κ1) is 25.1. The number of ether oxygens (including phenoxy) is 1. The predicted octanol–water partition coefficient (Wildman–Crippen LogP) is 1.79. The molecule has 1 fully saturated rings. The molecule has 0 unspecified atom stereocenters. The molecular formula is C19H33IN4O3S. The van der Waals surface area contributed by atoms with Gasteiger partial charge in [-0.3, -0.25) is 4.99 Å². The highest BCUT2D eigenvalue weighted by atomic mass is 127. The molecule has 1 saturated heterocycles. The van der Waals surface area contributed by atoms with Crippen LogP contribution in [0.15, 0.2) is 28.1 Å². The van der Waals surface area contributed by atoms with Gasteiger partial charge < -0.3 is 20.3 Å². The van der Waals surface area contributed by atoms with Gasteiger partial charge in [0.25, 0.3) is 0 Å². The SMILES string of the molecule is CN=C(NCc1ccc(S(C)(=O)=O)c(C)c1)NCC1(N(C)C)CCOCC1.I. The number of guanidine groups is 1. The lowest BCUT2D eigenvalue weighted by atomic mass is 9.88. The van der Waals surface area contributed by atoms with Gasteiger partial charge in [0.2, 0.25) is 0 Å². The molecular weight excluding hydrogens is 491 g/mol.